The van der Waals surface area contributed by atoms with Crippen LogP contribution in [0.25, 0.3) is 0 Å². The number of hydrogen-bond donors (Lipinski definition) is 0. The molecule has 0 bridgehead atoms. The lowest BCUT2D eigenvalue weighted by atomic mass is 10.1. The summed E-state index contributed by atoms with van der Waals surface area (Å²) in [7, 11) is 1.66. The van der Waals surface area contributed by atoms with E-state index >= 15 is 0 Å². The fraction of sp³-hybridized carbons (Fsp3) is 0.250. The first kappa shape index (κ1) is 13.3. The van der Waals surface area contributed by atoms with E-state index in [0.29, 0.717) is 0 Å². The molecule has 0 fully saturated rings. The van der Waals surface area contributed by atoms with Crippen molar-refractivity contribution >= 4 is 0 Å². The zero-order valence-corrected chi connectivity index (χ0v) is 10.6. The topological polar surface area (TPSA) is 9.23 Å². The third kappa shape index (κ3) is 5.76. The summed E-state index contributed by atoms with van der Waals surface area (Å²) in [6, 6.07) is 20.3. The van der Waals surface area contributed by atoms with Crippen LogP contribution in [0.15, 0.2) is 60.7 Å². The van der Waals surface area contributed by atoms with E-state index < -0.39 is 0 Å². The summed E-state index contributed by atoms with van der Waals surface area (Å²) in [4.78, 5) is 0. The quantitative estimate of drug-likeness (QED) is 0.759. The van der Waals surface area contributed by atoms with Crippen molar-refractivity contribution in [2.24, 2.45) is 0 Å². The molecule has 0 aromatic heterocycles. The molecule has 0 unspecified atom stereocenters. The molecule has 0 spiro atoms. The van der Waals surface area contributed by atoms with E-state index in [1.807, 2.05) is 30.3 Å². The number of aryl methyl sites for hydroxylation is 1. The maximum absolute atomic E-state index is 4.91. The Morgan fingerprint density at radius 3 is 1.76 bits per heavy atom. The molecule has 0 aliphatic carbocycles. The van der Waals surface area contributed by atoms with Crippen molar-refractivity contribution in [2.75, 3.05) is 7.11 Å². The summed E-state index contributed by atoms with van der Waals surface area (Å²) < 4.78 is 4.91. The molecule has 2 aromatic rings. The van der Waals surface area contributed by atoms with Crippen LogP contribution in [0, 0.1) is 0 Å². The van der Waals surface area contributed by atoms with Gasteiger partial charge < -0.3 is 4.74 Å². The lowest BCUT2D eigenvalue weighted by Gasteiger charge is -1.93. The molecule has 2 aromatic carbocycles. The zero-order valence-electron chi connectivity index (χ0n) is 10.6. The molecule has 0 saturated heterocycles. The van der Waals surface area contributed by atoms with Gasteiger partial charge >= 0.3 is 0 Å². The van der Waals surface area contributed by atoms with Crippen LogP contribution >= 0.6 is 0 Å². The van der Waals surface area contributed by atoms with E-state index in [-0.39, 0.29) is 0 Å². The lowest BCUT2D eigenvalue weighted by Crippen LogP contribution is -1.78. The monoisotopic (exact) mass is 228 g/mol. The van der Waals surface area contributed by atoms with Crippen LogP contribution in [0.3, 0.4) is 0 Å². The molecular formula is C16H20O. The molecule has 0 saturated carbocycles. The minimum absolute atomic E-state index is 0.910. The molecule has 0 aliphatic heterocycles. The molecule has 2 rings (SSSR count). The van der Waals surface area contributed by atoms with E-state index in [1.54, 1.807) is 7.11 Å². The summed E-state index contributed by atoms with van der Waals surface area (Å²) in [5.41, 5.74) is 1.44. The highest BCUT2D eigenvalue weighted by atomic mass is 16.5. The molecule has 0 atom stereocenters. The van der Waals surface area contributed by atoms with Crippen LogP contribution in [0.4, 0.5) is 0 Å². The minimum atomic E-state index is 0.910. The van der Waals surface area contributed by atoms with Gasteiger partial charge in [0.2, 0.25) is 0 Å². The van der Waals surface area contributed by atoms with Crippen molar-refractivity contribution in [3.8, 4) is 5.75 Å². The zero-order chi connectivity index (χ0) is 12.3. The van der Waals surface area contributed by atoms with Gasteiger partial charge in [0.1, 0.15) is 5.75 Å². The number of ether oxygens (including phenoxy) is 1. The summed E-state index contributed by atoms with van der Waals surface area (Å²) >= 11 is 0. The van der Waals surface area contributed by atoms with Gasteiger partial charge in [-0.3, -0.25) is 0 Å². The number of rotatable bonds is 3. The van der Waals surface area contributed by atoms with E-state index in [4.69, 9.17) is 4.74 Å². The maximum atomic E-state index is 4.91. The summed E-state index contributed by atoms with van der Waals surface area (Å²) in [5, 5.41) is 0. The first-order valence-corrected chi connectivity index (χ1v) is 5.99. The first-order valence-electron chi connectivity index (χ1n) is 5.99. The third-order valence-electron chi connectivity index (χ3n) is 2.36. The Morgan fingerprint density at radius 1 is 0.824 bits per heavy atom. The van der Waals surface area contributed by atoms with Crippen molar-refractivity contribution in [2.45, 2.75) is 19.8 Å². The fourth-order valence-electron chi connectivity index (χ4n) is 1.49. The largest absolute Gasteiger partial charge is 0.497 e. The Morgan fingerprint density at radius 2 is 1.35 bits per heavy atom. The van der Waals surface area contributed by atoms with Crippen LogP contribution in [0.2, 0.25) is 0 Å². The molecule has 90 valence electrons. The SMILES string of the molecule is CCCc1ccccc1.COc1ccccc1. The van der Waals surface area contributed by atoms with Crippen LogP contribution in [0.5, 0.6) is 5.75 Å². The Balaban J connectivity index is 0.000000171. The Bertz CT molecular complexity index is 381. The van der Waals surface area contributed by atoms with Crippen molar-refractivity contribution < 1.29 is 4.74 Å². The second kappa shape index (κ2) is 8.40. The van der Waals surface area contributed by atoms with Gasteiger partial charge in [-0.05, 0) is 24.1 Å². The first-order chi connectivity index (χ1) is 8.36. The number of para-hydroxylation sites is 1. The van der Waals surface area contributed by atoms with Crippen LogP contribution < -0.4 is 4.74 Å². The smallest absolute Gasteiger partial charge is 0.118 e. The average Bonchev–Trinajstić information content (AvgIpc) is 2.42. The van der Waals surface area contributed by atoms with E-state index in [9.17, 15) is 0 Å². The molecule has 0 radical (unpaired) electrons. The maximum Gasteiger partial charge on any atom is 0.118 e. The highest BCUT2D eigenvalue weighted by Crippen LogP contribution is 2.05. The fourth-order valence-corrected chi connectivity index (χ4v) is 1.49. The van der Waals surface area contributed by atoms with Crippen molar-refractivity contribution in [1.29, 1.82) is 0 Å². The van der Waals surface area contributed by atoms with Crippen LogP contribution in [0.1, 0.15) is 18.9 Å². The van der Waals surface area contributed by atoms with Crippen molar-refractivity contribution in [3.63, 3.8) is 0 Å². The van der Waals surface area contributed by atoms with E-state index in [2.05, 4.69) is 37.3 Å². The molecule has 0 amide bonds. The predicted molar refractivity (Wildman–Crippen MR) is 73.4 cm³/mol. The minimum Gasteiger partial charge on any atom is -0.497 e. The van der Waals surface area contributed by atoms with Crippen LogP contribution in [-0.4, -0.2) is 7.11 Å². The van der Waals surface area contributed by atoms with Crippen molar-refractivity contribution in [1.82, 2.24) is 0 Å². The molecule has 0 heterocycles. The molecule has 0 aliphatic rings. The van der Waals surface area contributed by atoms with Gasteiger partial charge in [0.15, 0.2) is 0 Å². The second-order valence-corrected chi connectivity index (χ2v) is 3.75. The molecule has 0 N–H and O–H groups in total. The highest BCUT2D eigenvalue weighted by molar-refractivity contribution is 5.20. The molecular weight excluding hydrogens is 208 g/mol. The van der Waals surface area contributed by atoms with Gasteiger partial charge in [-0.1, -0.05) is 61.9 Å². The van der Waals surface area contributed by atoms with Gasteiger partial charge in [0, 0.05) is 0 Å². The van der Waals surface area contributed by atoms with Gasteiger partial charge in [-0.2, -0.15) is 0 Å². The Hall–Kier alpha value is -1.76. The second-order valence-electron chi connectivity index (χ2n) is 3.75. The number of benzene rings is 2. The van der Waals surface area contributed by atoms with Gasteiger partial charge in [0.05, 0.1) is 7.11 Å². The van der Waals surface area contributed by atoms with Crippen molar-refractivity contribution in [3.05, 3.63) is 66.2 Å². The summed E-state index contributed by atoms with van der Waals surface area (Å²) in [6.07, 6.45) is 2.45. The normalized spacial score (nSPS) is 9.06. The lowest BCUT2D eigenvalue weighted by molar-refractivity contribution is 0.415. The molecule has 1 nitrogen and oxygen atoms in total. The summed E-state index contributed by atoms with van der Waals surface area (Å²) in [5.74, 6) is 0.910. The van der Waals surface area contributed by atoms with Gasteiger partial charge in [-0.25, -0.2) is 0 Å². The Labute approximate surface area is 104 Å². The van der Waals surface area contributed by atoms with E-state index in [1.165, 1.54) is 18.4 Å². The Kier molecular flexibility index (Phi) is 6.57. The standard InChI is InChI=1S/C9H12.C7H8O/c1-2-6-9-7-4-3-5-8-9;1-8-7-5-3-2-4-6-7/h3-5,7-8H,2,6H2,1H3;2-6H,1H3. The number of hydrogen-bond acceptors (Lipinski definition) is 1. The molecule has 1 heteroatoms. The summed E-state index contributed by atoms with van der Waals surface area (Å²) in [6.45, 7) is 2.20. The van der Waals surface area contributed by atoms with Gasteiger partial charge in [0.25, 0.3) is 0 Å². The number of methoxy groups -OCH3 is 1. The average molecular weight is 228 g/mol. The van der Waals surface area contributed by atoms with E-state index in [0.717, 1.165) is 5.75 Å². The van der Waals surface area contributed by atoms with Crippen LogP contribution in [-0.2, 0) is 6.42 Å². The molecule has 17 heavy (non-hydrogen) atoms. The van der Waals surface area contributed by atoms with Gasteiger partial charge in [-0.15, -0.1) is 0 Å². The third-order valence-corrected chi connectivity index (χ3v) is 2.36. The highest BCUT2D eigenvalue weighted by Gasteiger charge is 1.84. The predicted octanol–water partition coefficient (Wildman–Crippen LogP) is 4.33.